The van der Waals surface area contributed by atoms with Crippen LogP contribution in [0.25, 0.3) is 28.2 Å². The van der Waals surface area contributed by atoms with Crippen molar-refractivity contribution in [3.05, 3.63) is 79.1 Å². The summed E-state index contributed by atoms with van der Waals surface area (Å²) >= 11 is 0. The number of carbonyl (C=O) groups is 1. The number of hydrogen-bond acceptors (Lipinski definition) is 8. The zero-order chi connectivity index (χ0) is 29.3. The SMILES string of the molecule is COc1ccn2c(-c3cc(NCc4ccc(-c5cnn(CC6CN(C(=O)OC(C)(C)C)C6)c5)cc4)ncn3)cnc2c1. The topological polar surface area (TPSA) is 112 Å². The van der Waals surface area contributed by atoms with Crippen molar-refractivity contribution in [2.45, 2.75) is 39.5 Å². The summed E-state index contributed by atoms with van der Waals surface area (Å²) in [5, 5.41) is 7.94. The molecule has 0 spiro atoms. The van der Waals surface area contributed by atoms with Crippen molar-refractivity contribution in [2.75, 3.05) is 25.5 Å². The molecule has 4 aromatic heterocycles. The molecule has 0 saturated carbocycles. The van der Waals surface area contributed by atoms with Crippen LogP contribution in [0.15, 0.2) is 73.6 Å². The molecule has 1 fully saturated rings. The Labute approximate surface area is 244 Å². The summed E-state index contributed by atoms with van der Waals surface area (Å²) in [5.41, 5.74) is 5.25. The van der Waals surface area contributed by atoms with E-state index in [0.717, 1.165) is 51.8 Å². The Morgan fingerprint density at radius 3 is 2.60 bits per heavy atom. The summed E-state index contributed by atoms with van der Waals surface area (Å²) in [5.74, 6) is 1.86. The van der Waals surface area contributed by atoms with Crippen LogP contribution in [0.1, 0.15) is 26.3 Å². The lowest BCUT2D eigenvalue weighted by Gasteiger charge is -2.39. The number of rotatable bonds is 8. The average molecular weight is 567 g/mol. The van der Waals surface area contributed by atoms with Crippen LogP contribution in [0.5, 0.6) is 5.75 Å². The summed E-state index contributed by atoms with van der Waals surface area (Å²) in [6.45, 7) is 8.41. The highest BCUT2D eigenvalue weighted by Gasteiger charge is 2.33. The van der Waals surface area contributed by atoms with Crippen molar-refractivity contribution in [1.82, 2.24) is 34.0 Å². The van der Waals surface area contributed by atoms with Crippen molar-refractivity contribution < 1.29 is 14.3 Å². The van der Waals surface area contributed by atoms with Crippen LogP contribution in [-0.4, -0.2) is 65.9 Å². The molecule has 5 aromatic rings. The first-order valence-electron chi connectivity index (χ1n) is 13.9. The maximum Gasteiger partial charge on any atom is 0.410 e. The fraction of sp³-hybridized carbons (Fsp3) is 0.323. The second-order valence-corrected chi connectivity index (χ2v) is 11.5. The number of fused-ring (bicyclic) bond motifs is 1. The number of benzene rings is 1. The first-order chi connectivity index (χ1) is 20.2. The molecule has 1 saturated heterocycles. The Hall–Kier alpha value is -4.93. The summed E-state index contributed by atoms with van der Waals surface area (Å²) in [6.07, 6.45) is 8.97. The number of hydrogen-bond donors (Lipinski definition) is 1. The number of imidazole rings is 1. The molecule has 11 heteroatoms. The number of carbonyl (C=O) groups excluding carboxylic acids is 1. The van der Waals surface area contributed by atoms with Crippen LogP contribution >= 0.6 is 0 Å². The highest BCUT2D eigenvalue weighted by atomic mass is 16.6. The second-order valence-electron chi connectivity index (χ2n) is 11.5. The van der Waals surface area contributed by atoms with Crippen LogP contribution in [0.3, 0.4) is 0 Å². The van der Waals surface area contributed by atoms with E-state index in [-0.39, 0.29) is 6.09 Å². The van der Waals surface area contributed by atoms with E-state index in [4.69, 9.17) is 9.47 Å². The van der Waals surface area contributed by atoms with Gasteiger partial charge in [0.05, 0.1) is 30.9 Å². The number of pyridine rings is 1. The molecule has 1 N–H and O–H groups in total. The minimum atomic E-state index is -0.476. The van der Waals surface area contributed by atoms with Crippen LogP contribution < -0.4 is 10.1 Å². The van der Waals surface area contributed by atoms with E-state index in [1.807, 2.05) is 60.4 Å². The van der Waals surface area contributed by atoms with Gasteiger partial charge in [0, 0.05) is 62.2 Å². The van der Waals surface area contributed by atoms with Gasteiger partial charge in [-0.3, -0.25) is 9.08 Å². The van der Waals surface area contributed by atoms with Gasteiger partial charge >= 0.3 is 6.09 Å². The molecular formula is C31H34N8O3. The number of nitrogens with one attached hydrogen (secondary N) is 1. The van der Waals surface area contributed by atoms with E-state index in [9.17, 15) is 4.79 Å². The van der Waals surface area contributed by atoms with Crippen LogP contribution in [0.4, 0.5) is 10.6 Å². The van der Waals surface area contributed by atoms with E-state index < -0.39 is 5.60 Å². The monoisotopic (exact) mass is 566 g/mol. The molecule has 0 bridgehead atoms. The van der Waals surface area contributed by atoms with Gasteiger partial charge in [0.25, 0.3) is 0 Å². The van der Waals surface area contributed by atoms with E-state index in [2.05, 4.69) is 55.8 Å². The van der Waals surface area contributed by atoms with Gasteiger partial charge in [-0.05, 0) is 38.0 Å². The number of ether oxygens (including phenoxy) is 2. The second kappa shape index (κ2) is 11.2. The molecule has 0 radical (unpaired) electrons. The molecule has 11 nitrogen and oxygen atoms in total. The van der Waals surface area contributed by atoms with Crippen molar-refractivity contribution in [2.24, 2.45) is 5.92 Å². The predicted molar refractivity (Wildman–Crippen MR) is 159 cm³/mol. The van der Waals surface area contributed by atoms with Gasteiger partial charge in [0.2, 0.25) is 0 Å². The Balaban J connectivity index is 1.03. The van der Waals surface area contributed by atoms with Crippen molar-refractivity contribution in [1.29, 1.82) is 0 Å². The minimum absolute atomic E-state index is 0.247. The fourth-order valence-corrected chi connectivity index (χ4v) is 4.92. The third kappa shape index (κ3) is 6.04. The number of methoxy groups -OCH3 is 1. The number of amides is 1. The van der Waals surface area contributed by atoms with Gasteiger partial charge in [-0.15, -0.1) is 0 Å². The summed E-state index contributed by atoms with van der Waals surface area (Å²) < 4.78 is 14.7. The molecule has 0 aliphatic carbocycles. The van der Waals surface area contributed by atoms with E-state index in [1.54, 1.807) is 24.5 Å². The van der Waals surface area contributed by atoms with Crippen molar-refractivity contribution in [3.8, 4) is 28.3 Å². The number of anilines is 1. The third-order valence-corrected chi connectivity index (χ3v) is 7.10. The van der Waals surface area contributed by atoms with Gasteiger partial charge in [0.1, 0.15) is 29.1 Å². The summed E-state index contributed by atoms with van der Waals surface area (Å²) in [6, 6.07) is 14.1. The predicted octanol–water partition coefficient (Wildman–Crippen LogP) is 5.14. The molecule has 0 unspecified atom stereocenters. The van der Waals surface area contributed by atoms with Crippen molar-refractivity contribution >= 4 is 17.6 Å². The van der Waals surface area contributed by atoms with E-state index in [0.29, 0.717) is 25.6 Å². The first-order valence-corrected chi connectivity index (χ1v) is 13.9. The van der Waals surface area contributed by atoms with Crippen molar-refractivity contribution in [3.63, 3.8) is 0 Å². The molecule has 6 rings (SSSR count). The standard InChI is InChI=1S/C31H34N8O3/c1-31(2,3)42-30(40)37-16-22(17-37)18-38-19-24(14-36-38)23-7-5-21(6-8-23)13-32-28-12-26(34-20-35-28)27-15-33-29-11-25(41-4)9-10-39(27)29/h5-12,14-15,19-20,22H,13,16-18H2,1-4H3,(H,32,34,35). The molecule has 1 aromatic carbocycles. The molecule has 1 aliphatic heterocycles. The zero-order valence-corrected chi connectivity index (χ0v) is 24.2. The molecule has 216 valence electrons. The average Bonchev–Trinajstić information content (AvgIpc) is 3.60. The molecule has 1 aliphatic rings. The van der Waals surface area contributed by atoms with Gasteiger partial charge in [-0.25, -0.2) is 19.7 Å². The highest BCUT2D eigenvalue weighted by molar-refractivity contribution is 5.69. The summed E-state index contributed by atoms with van der Waals surface area (Å²) in [4.78, 5) is 27.2. The molecule has 42 heavy (non-hydrogen) atoms. The van der Waals surface area contributed by atoms with E-state index in [1.165, 1.54) is 0 Å². The van der Waals surface area contributed by atoms with Gasteiger partial charge < -0.3 is 19.7 Å². The number of aromatic nitrogens is 6. The van der Waals surface area contributed by atoms with E-state index >= 15 is 0 Å². The number of nitrogens with zero attached hydrogens (tertiary/aromatic N) is 7. The summed E-state index contributed by atoms with van der Waals surface area (Å²) in [7, 11) is 1.64. The minimum Gasteiger partial charge on any atom is -0.497 e. The molecule has 5 heterocycles. The zero-order valence-electron chi connectivity index (χ0n) is 24.2. The van der Waals surface area contributed by atoms with Crippen LogP contribution in [0.2, 0.25) is 0 Å². The van der Waals surface area contributed by atoms with Crippen LogP contribution in [-0.2, 0) is 17.8 Å². The molecule has 1 amide bonds. The van der Waals surface area contributed by atoms with Gasteiger partial charge in [0.15, 0.2) is 0 Å². The normalized spacial score (nSPS) is 13.7. The lowest BCUT2D eigenvalue weighted by Crippen LogP contribution is -2.52. The Morgan fingerprint density at radius 2 is 1.83 bits per heavy atom. The van der Waals surface area contributed by atoms with Crippen LogP contribution in [0, 0.1) is 5.92 Å². The first kappa shape index (κ1) is 27.3. The van der Waals surface area contributed by atoms with Gasteiger partial charge in [-0.1, -0.05) is 24.3 Å². The lowest BCUT2D eigenvalue weighted by molar-refractivity contribution is -0.00383. The Morgan fingerprint density at radius 1 is 1.02 bits per heavy atom. The van der Waals surface area contributed by atoms with Gasteiger partial charge in [-0.2, -0.15) is 5.10 Å². The maximum atomic E-state index is 12.2. The highest BCUT2D eigenvalue weighted by Crippen LogP contribution is 2.25. The Kier molecular flexibility index (Phi) is 7.24. The largest absolute Gasteiger partial charge is 0.497 e. The fourth-order valence-electron chi connectivity index (χ4n) is 4.92. The smallest absolute Gasteiger partial charge is 0.410 e. The quantitative estimate of drug-likeness (QED) is 0.275. The molecular weight excluding hydrogens is 532 g/mol. The lowest BCUT2D eigenvalue weighted by atomic mass is 10.0. The Bertz CT molecular complexity index is 1700. The molecule has 0 atom stereocenters. The number of likely N-dealkylation sites (tertiary alicyclic amines) is 1. The third-order valence-electron chi connectivity index (χ3n) is 7.10. The maximum absolute atomic E-state index is 12.2.